The van der Waals surface area contributed by atoms with E-state index in [0.717, 1.165) is 6.08 Å². The lowest BCUT2D eigenvalue weighted by Gasteiger charge is -2.08. The van der Waals surface area contributed by atoms with Crippen LogP contribution in [0.1, 0.15) is 11.1 Å². The molecule has 0 saturated heterocycles. The third kappa shape index (κ3) is 1.69. The second-order valence-corrected chi connectivity index (χ2v) is 4.44. The third-order valence-electron chi connectivity index (χ3n) is 3.36. The maximum Gasteiger partial charge on any atom is 0.328 e. The summed E-state index contributed by atoms with van der Waals surface area (Å²) in [5.41, 5.74) is 2.75. The van der Waals surface area contributed by atoms with Crippen molar-refractivity contribution >= 4 is 11.5 Å². The monoisotopic (exact) mass is 270 g/mol. The van der Waals surface area contributed by atoms with Gasteiger partial charge in [0.05, 0.1) is 7.11 Å². The van der Waals surface area contributed by atoms with Crippen LogP contribution in [0.4, 0.5) is 4.39 Å². The molecule has 3 nitrogen and oxygen atoms in total. The minimum absolute atomic E-state index is 0.387. The van der Waals surface area contributed by atoms with Gasteiger partial charge in [0.15, 0.2) is 0 Å². The standard InChI is InChI=1S/C16H11FO3/c1-20-13-7-3-5-10-11(8-14(18)19)9-4-2-6-12(17)15(9)16(10)13/h2-8H,1H3,(H,18,19)/b11-8+. The Morgan fingerprint density at radius 1 is 1.15 bits per heavy atom. The summed E-state index contributed by atoms with van der Waals surface area (Å²) >= 11 is 0. The zero-order valence-electron chi connectivity index (χ0n) is 10.7. The molecule has 100 valence electrons. The molecule has 2 aromatic carbocycles. The van der Waals surface area contributed by atoms with E-state index in [4.69, 9.17) is 9.84 Å². The fourth-order valence-corrected chi connectivity index (χ4v) is 2.61. The number of carbonyl (C=O) groups is 1. The Hall–Kier alpha value is -2.62. The minimum atomic E-state index is -1.06. The van der Waals surface area contributed by atoms with Crippen LogP contribution in [0.2, 0.25) is 0 Å². The fraction of sp³-hybridized carbons (Fsp3) is 0.0625. The van der Waals surface area contributed by atoms with Gasteiger partial charge in [-0.25, -0.2) is 9.18 Å². The maximum atomic E-state index is 14.2. The van der Waals surface area contributed by atoms with Crippen LogP contribution in [0.15, 0.2) is 42.5 Å². The van der Waals surface area contributed by atoms with Gasteiger partial charge >= 0.3 is 5.97 Å². The lowest BCUT2D eigenvalue weighted by atomic mass is 10.0. The molecular weight excluding hydrogens is 259 g/mol. The molecule has 1 aliphatic rings. The normalized spacial score (nSPS) is 14.0. The number of carboxylic acids is 1. The second-order valence-electron chi connectivity index (χ2n) is 4.44. The molecule has 0 atom stereocenters. The SMILES string of the molecule is COc1cccc2c1-c1c(F)cccc1/C2=C\C(=O)O. The van der Waals surface area contributed by atoms with Crippen LogP contribution in [0, 0.1) is 5.82 Å². The fourth-order valence-electron chi connectivity index (χ4n) is 2.61. The lowest BCUT2D eigenvalue weighted by molar-refractivity contribution is -0.131. The van der Waals surface area contributed by atoms with Gasteiger partial charge in [-0.2, -0.15) is 0 Å². The molecule has 2 aromatic rings. The van der Waals surface area contributed by atoms with Gasteiger partial charge in [0, 0.05) is 17.2 Å². The van der Waals surface area contributed by atoms with Crippen LogP contribution >= 0.6 is 0 Å². The number of hydrogen-bond acceptors (Lipinski definition) is 2. The van der Waals surface area contributed by atoms with Gasteiger partial charge in [-0.1, -0.05) is 24.3 Å². The van der Waals surface area contributed by atoms with Crippen LogP contribution in [0.5, 0.6) is 5.75 Å². The summed E-state index contributed by atoms with van der Waals surface area (Å²) in [6.07, 6.45) is 1.10. The van der Waals surface area contributed by atoms with Crippen molar-refractivity contribution in [2.75, 3.05) is 7.11 Å². The van der Waals surface area contributed by atoms with Gasteiger partial charge in [-0.05, 0) is 28.8 Å². The number of methoxy groups -OCH3 is 1. The molecule has 3 rings (SSSR count). The smallest absolute Gasteiger partial charge is 0.328 e. The number of carboxylic acid groups (broad SMARTS) is 1. The van der Waals surface area contributed by atoms with Crippen molar-refractivity contribution in [3.05, 3.63) is 59.4 Å². The summed E-state index contributed by atoms with van der Waals surface area (Å²) in [6.45, 7) is 0. The quantitative estimate of drug-likeness (QED) is 0.726. The van der Waals surface area contributed by atoms with Gasteiger partial charge in [-0.3, -0.25) is 0 Å². The molecular formula is C16H11FO3. The summed E-state index contributed by atoms with van der Waals surface area (Å²) in [5.74, 6) is -0.921. The van der Waals surface area contributed by atoms with E-state index >= 15 is 0 Å². The van der Waals surface area contributed by atoms with E-state index < -0.39 is 5.97 Å². The molecule has 1 aliphatic carbocycles. The first-order valence-corrected chi connectivity index (χ1v) is 6.04. The molecule has 0 bridgehead atoms. The molecule has 20 heavy (non-hydrogen) atoms. The van der Waals surface area contributed by atoms with Crippen molar-refractivity contribution in [1.29, 1.82) is 0 Å². The highest BCUT2D eigenvalue weighted by molar-refractivity contribution is 6.08. The molecule has 0 aromatic heterocycles. The van der Waals surface area contributed by atoms with E-state index in [2.05, 4.69) is 0 Å². The number of benzene rings is 2. The van der Waals surface area contributed by atoms with E-state index in [1.165, 1.54) is 13.2 Å². The van der Waals surface area contributed by atoms with E-state index in [9.17, 15) is 9.18 Å². The summed E-state index contributed by atoms with van der Waals surface area (Å²) in [4.78, 5) is 11.0. The molecule has 0 fully saturated rings. The van der Waals surface area contributed by atoms with Gasteiger partial charge < -0.3 is 9.84 Å². The Morgan fingerprint density at radius 3 is 2.45 bits per heavy atom. The Morgan fingerprint density at radius 2 is 1.80 bits per heavy atom. The van der Waals surface area contributed by atoms with Crippen LogP contribution < -0.4 is 4.74 Å². The van der Waals surface area contributed by atoms with Gasteiger partial charge in [-0.15, -0.1) is 0 Å². The van der Waals surface area contributed by atoms with Crippen LogP contribution in [-0.4, -0.2) is 18.2 Å². The first-order valence-electron chi connectivity index (χ1n) is 6.04. The highest BCUT2D eigenvalue weighted by Crippen LogP contribution is 2.49. The van der Waals surface area contributed by atoms with E-state index in [-0.39, 0.29) is 5.82 Å². The predicted octanol–water partition coefficient (Wildman–Crippen LogP) is 3.33. The van der Waals surface area contributed by atoms with Crippen molar-refractivity contribution in [2.45, 2.75) is 0 Å². The van der Waals surface area contributed by atoms with Crippen molar-refractivity contribution in [3.8, 4) is 16.9 Å². The largest absolute Gasteiger partial charge is 0.496 e. The molecule has 1 N–H and O–H groups in total. The number of fused-ring (bicyclic) bond motifs is 3. The Bertz CT molecular complexity index is 747. The predicted molar refractivity (Wildman–Crippen MR) is 73.1 cm³/mol. The van der Waals surface area contributed by atoms with Gasteiger partial charge in [0.1, 0.15) is 11.6 Å². The highest BCUT2D eigenvalue weighted by Gasteiger charge is 2.29. The average molecular weight is 270 g/mol. The van der Waals surface area contributed by atoms with Crippen LogP contribution in [0.3, 0.4) is 0 Å². The zero-order chi connectivity index (χ0) is 14.3. The lowest BCUT2D eigenvalue weighted by Crippen LogP contribution is -1.91. The van der Waals surface area contributed by atoms with Crippen molar-refractivity contribution in [3.63, 3.8) is 0 Å². The van der Waals surface area contributed by atoms with Gasteiger partial charge in [0.2, 0.25) is 0 Å². The van der Waals surface area contributed by atoms with E-state index in [1.807, 2.05) is 0 Å². The summed E-state index contributed by atoms with van der Waals surface area (Å²) in [7, 11) is 1.51. The topological polar surface area (TPSA) is 46.5 Å². The van der Waals surface area contributed by atoms with Crippen LogP contribution in [-0.2, 0) is 4.79 Å². The molecule has 0 aliphatic heterocycles. The molecule has 0 spiro atoms. The Kier molecular flexibility index (Phi) is 2.79. The molecule has 0 radical (unpaired) electrons. The third-order valence-corrected chi connectivity index (χ3v) is 3.36. The minimum Gasteiger partial charge on any atom is -0.496 e. The Balaban J connectivity index is 2.42. The van der Waals surface area contributed by atoms with Crippen molar-refractivity contribution in [1.82, 2.24) is 0 Å². The van der Waals surface area contributed by atoms with E-state index in [0.29, 0.717) is 33.6 Å². The summed E-state index contributed by atoms with van der Waals surface area (Å²) in [6, 6.07) is 9.91. The molecule has 4 heteroatoms. The van der Waals surface area contributed by atoms with Crippen molar-refractivity contribution in [2.24, 2.45) is 0 Å². The van der Waals surface area contributed by atoms with E-state index in [1.54, 1.807) is 30.3 Å². The highest BCUT2D eigenvalue weighted by atomic mass is 19.1. The molecule has 0 unspecified atom stereocenters. The summed E-state index contributed by atoms with van der Waals surface area (Å²) < 4.78 is 19.4. The number of ether oxygens (including phenoxy) is 1. The van der Waals surface area contributed by atoms with Crippen LogP contribution in [0.25, 0.3) is 16.7 Å². The zero-order valence-corrected chi connectivity index (χ0v) is 10.7. The first kappa shape index (κ1) is 12.4. The molecule has 0 saturated carbocycles. The first-order chi connectivity index (χ1) is 9.63. The second kappa shape index (κ2) is 4.49. The number of hydrogen-bond donors (Lipinski definition) is 1. The summed E-state index contributed by atoms with van der Waals surface area (Å²) in [5, 5.41) is 9.02. The number of rotatable bonds is 2. The Labute approximate surface area is 114 Å². The maximum absolute atomic E-state index is 14.2. The average Bonchev–Trinajstić information content (AvgIpc) is 2.74. The van der Waals surface area contributed by atoms with Crippen molar-refractivity contribution < 1.29 is 19.0 Å². The molecule has 0 heterocycles. The van der Waals surface area contributed by atoms with Gasteiger partial charge in [0.25, 0.3) is 0 Å². The number of halogens is 1. The number of aliphatic carboxylic acids is 1. The molecule has 0 amide bonds.